The Morgan fingerprint density at radius 2 is 1.20 bits per heavy atom. The summed E-state index contributed by atoms with van der Waals surface area (Å²) in [5.41, 5.74) is 1.83. The number of nitrogens with zero attached hydrogens (tertiary/aromatic N) is 2. The third-order valence-corrected chi connectivity index (χ3v) is 2.89. The number of para-hydroxylation sites is 2. The molecule has 0 atom stereocenters. The molecule has 2 aromatic rings. The molecule has 1 heterocycles. The van der Waals surface area contributed by atoms with Crippen LogP contribution in [0.25, 0.3) is 0 Å². The van der Waals surface area contributed by atoms with Crippen molar-refractivity contribution in [3.63, 3.8) is 0 Å². The normalized spacial score (nSPS) is 17.2. The lowest BCUT2D eigenvalue weighted by Crippen LogP contribution is -2.08. The zero-order valence-electron chi connectivity index (χ0n) is 10.9. The van der Waals surface area contributed by atoms with E-state index < -0.39 is 0 Å². The van der Waals surface area contributed by atoms with Gasteiger partial charge in [0, 0.05) is 23.6 Å². The largest absolute Gasteiger partial charge is 0.457 e. The number of hydrogen-bond acceptors (Lipinski definition) is 4. The monoisotopic (exact) mass is 266 g/mol. The quantitative estimate of drug-likeness (QED) is 0.735. The van der Waals surface area contributed by atoms with E-state index in [9.17, 15) is 0 Å². The molecule has 20 heavy (non-hydrogen) atoms. The Morgan fingerprint density at radius 3 is 1.75 bits per heavy atom. The molecule has 0 amide bonds. The Balaban J connectivity index is 1.90. The van der Waals surface area contributed by atoms with Gasteiger partial charge in [-0.05, 0) is 24.3 Å². The molecule has 0 fully saturated rings. The molecule has 4 nitrogen and oxygen atoms in total. The third kappa shape index (κ3) is 2.85. The second-order valence-electron chi connectivity index (χ2n) is 4.25. The van der Waals surface area contributed by atoms with Crippen LogP contribution in [0.1, 0.15) is 11.1 Å². The molecule has 0 unspecified atom stereocenters. The summed E-state index contributed by atoms with van der Waals surface area (Å²) in [6.07, 6.45) is 3.53. The number of ether oxygens (including phenoxy) is 2. The summed E-state index contributed by atoms with van der Waals surface area (Å²) >= 11 is 0. The number of aliphatic imine (C=N–C) groups is 2. The van der Waals surface area contributed by atoms with Crippen molar-refractivity contribution >= 4 is 12.4 Å². The third-order valence-electron chi connectivity index (χ3n) is 2.89. The highest BCUT2D eigenvalue weighted by atomic mass is 16.7. The van der Waals surface area contributed by atoms with Gasteiger partial charge in [-0.3, -0.25) is 9.98 Å². The minimum atomic E-state index is 0.149. The number of benzene rings is 2. The first-order valence-corrected chi connectivity index (χ1v) is 6.37. The van der Waals surface area contributed by atoms with E-state index in [-0.39, 0.29) is 6.79 Å². The first-order chi connectivity index (χ1) is 9.93. The molecule has 0 N–H and O–H groups in total. The van der Waals surface area contributed by atoms with Crippen molar-refractivity contribution in [2.45, 2.75) is 0 Å². The Morgan fingerprint density at radius 1 is 0.700 bits per heavy atom. The topological polar surface area (TPSA) is 43.2 Å². The molecule has 0 saturated carbocycles. The fraction of sp³-hybridized carbons (Fsp3) is 0.125. The van der Waals surface area contributed by atoms with Crippen LogP contribution >= 0.6 is 0 Å². The van der Waals surface area contributed by atoms with Gasteiger partial charge in [-0.1, -0.05) is 24.3 Å². The van der Waals surface area contributed by atoms with Crippen LogP contribution < -0.4 is 9.47 Å². The number of rotatable bonds is 0. The second kappa shape index (κ2) is 6.02. The molecule has 0 spiro atoms. The highest BCUT2D eigenvalue weighted by molar-refractivity contribution is 5.85. The van der Waals surface area contributed by atoms with Crippen LogP contribution in [0, 0.1) is 0 Å². The van der Waals surface area contributed by atoms with E-state index in [0.29, 0.717) is 6.67 Å². The second-order valence-corrected chi connectivity index (χ2v) is 4.25. The van der Waals surface area contributed by atoms with Crippen LogP contribution in [-0.2, 0) is 0 Å². The van der Waals surface area contributed by atoms with Gasteiger partial charge in [0.1, 0.15) is 18.2 Å². The Labute approximate surface area is 117 Å². The average Bonchev–Trinajstić information content (AvgIpc) is 2.48. The molecule has 4 heteroatoms. The summed E-state index contributed by atoms with van der Waals surface area (Å²) in [5, 5.41) is 0. The van der Waals surface area contributed by atoms with Gasteiger partial charge in [-0.15, -0.1) is 0 Å². The average molecular weight is 266 g/mol. The fourth-order valence-electron chi connectivity index (χ4n) is 1.92. The summed E-state index contributed by atoms with van der Waals surface area (Å²) in [6.45, 7) is 0.526. The maximum Gasteiger partial charge on any atom is 0.230 e. The van der Waals surface area contributed by atoms with Gasteiger partial charge in [0.2, 0.25) is 6.79 Å². The maximum atomic E-state index is 5.66. The minimum Gasteiger partial charge on any atom is -0.457 e. The van der Waals surface area contributed by atoms with Crippen LogP contribution in [0.4, 0.5) is 0 Å². The predicted octanol–water partition coefficient (Wildman–Crippen LogP) is 2.91. The first-order valence-electron chi connectivity index (χ1n) is 6.37. The number of hydrogen-bond donors (Lipinski definition) is 0. The Bertz CT molecular complexity index is 595. The SMILES string of the molecule is C1=N/C/N=C/c2ccccc2OCOc2ccccc2/1. The van der Waals surface area contributed by atoms with Crippen molar-refractivity contribution in [1.29, 1.82) is 0 Å². The zero-order valence-corrected chi connectivity index (χ0v) is 10.9. The summed E-state index contributed by atoms with van der Waals surface area (Å²) in [6, 6.07) is 15.4. The fourth-order valence-corrected chi connectivity index (χ4v) is 1.92. The van der Waals surface area contributed by atoms with Crippen LogP contribution in [0.3, 0.4) is 0 Å². The standard InChI is InChI=1S/C16H14N2O2/c1-3-7-15-13(5-1)9-17-11-18-10-14-6-2-4-8-16(14)20-12-19-15/h1-10H,11-12H2/b17-9+,18-10+. The molecule has 0 saturated heterocycles. The van der Waals surface area contributed by atoms with Crippen LogP contribution in [-0.4, -0.2) is 25.9 Å². The molecule has 1 aliphatic heterocycles. The van der Waals surface area contributed by atoms with E-state index in [2.05, 4.69) is 9.98 Å². The summed E-state index contributed by atoms with van der Waals surface area (Å²) < 4.78 is 11.3. The van der Waals surface area contributed by atoms with Crippen molar-refractivity contribution in [2.75, 3.05) is 13.5 Å². The Hall–Kier alpha value is -2.62. The van der Waals surface area contributed by atoms with Gasteiger partial charge < -0.3 is 9.47 Å². The Kier molecular flexibility index (Phi) is 3.73. The smallest absolute Gasteiger partial charge is 0.230 e. The molecule has 0 bridgehead atoms. The van der Waals surface area contributed by atoms with E-state index in [1.807, 2.05) is 48.5 Å². The lowest BCUT2D eigenvalue weighted by molar-refractivity contribution is 0.119. The molecule has 0 aliphatic carbocycles. The minimum absolute atomic E-state index is 0.149. The summed E-state index contributed by atoms with van der Waals surface area (Å²) in [7, 11) is 0. The van der Waals surface area contributed by atoms with Gasteiger partial charge in [-0.2, -0.15) is 0 Å². The van der Waals surface area contributed by atoms with Crippen molar-refractivity contribution < 1.29 is 9.47 Å². The van der Waals surface area contributed by atoms with Crippen molar-refractivity contribution in [3.05, 3.63) is 59.7 Å². The molecule has 1 aliphatic rings. The zero-order chi connectivity index (χ0) is 13.6. The van der Waals surface area contributed by atoms with Gasteiger partial charge in [-0.25, -0.2) is 0 Å². The van der Waals surface area contributed by atoms with Crippen LogP contribution in [0.15, 0.2) is 58.5 Å². The van der Waals surface area contributed by atoms with E-state index in [0.717, 1.165) is 22.6 Å². The summed E-state index contributed by atoms with van der Waals surface area (Å²) in [5.74, 6) is 1.50. The van der Waals surface area contributed by atoms with Crippen molar-refractivity contribution in [3.8, 4) is 11.5 Å². The van der Waals surface area contributed by atoms with Gasteiger partial charge in [0.05, 0.1) is 0 Å². The summed E-state index contributed by atoms with van der Waals surface area (Å²) in [4.78, 5) is 8.55. The lowest BCUT2D eigenvalue weighted by Gasteiger charge is -2.12. The molecular formula is C16H14N2O2. The van der Waals surface area contributed by atoms with E-state index >= 15 is 0 Å². The molecule has 2 aromatic carbocycles. The van der Waals surface area contributed by atoms with Crippen LogP contribution in [0.2, 0.25) is 0 Å². The van der Waals surface area contributed by atoms with Crippen molar-refractivity contribution in [1.82, 2.24) is 0 Å². The van der Waals surface area contributed by atoms with Gasteiger partial charge in [0.25, 0.3) is 0 Å². The first kappa shape index (κ1) is 12.4. The van der Waals surface area contributed by atoms with E-state index in [4.69, 9.17) is 9.47 Å². The lowest BCUT2D eigenvalue weighted by atomic mass is 10.2. The van der Waals surface area contributed by atoms with Gasteiger partial charge in [0.15, 0.2) is 0 Å². The number of fused-ring (bicyclic) bond motifs is 2. The molecule has 3 rings (SSSR count). The molecule has 100 valence electrons. The molecular weight excluding hydrogens is 252 g/mol. The van der Waals surface area contributed by atoms with Gasteiger partial charge >= 0.3 is 0 Å². The highest BCUT2D eigenvalue weighted by Crippen LogP contribution is 2.19. The van der Waals surface area contributed by atoms with E-state index in [1.54, 1.807) is 12.4 Å². The van der Waals surface area contributed by atoms with E-state index in [1.165, 1.54) is 0 Å². The highest BCUT2D eigenvalue weighted by Gasteiger charge is 2.04. The molecule has 0 aromatic heterocycles. The molecule has 0 radical (unpaired) electrons. The maximum absolute atomic E-state index is 5.66. The predicted molar refractivity (Wildman–Crippen MR) is 79.1 cm³/mol. The van der Waals surface area contributed by atoms with Crippen LogP contribution in [0.5, 0.6) is 11.5 Å². The van der Waals surface area contributed by atoms with Crippen molar-refractivity contribution in [2.24, 2.45) is 9.98 Å².